The van der Waals surface area contributed by atoms with Crippen LogP contribution in [0.15, 0.2) is 15.4 Å². The molecule has 0 aliphatic rings. The van der Waals surface area contributed by atoms with E-state index in [1.807, 2.05) is 11.8 Å². The number of nitrogens with zero attached hydrogens (tertiary/aromatic N) is 1. The van der Waals surface area contributed by atoms with Crippen molar-refractivity contribution in [2.24, 2.45) is 0 Å². The Morgan fingerprint density at radius 3 is 3.10 bits per heavy atom. The molecular weight excluding hydrogens is 214 g/mol. The van der Waals surface area contributed by atoms with E-state index in [-0.39, 0.29) is 0 Å². The fourth-order valence-corrected chi connectivity index (χ4v) is 1.40. The third-order valence-corrected chi connectivity index (χ3v) is 2.24. The summed E-state index contributed by atoms with van der Waals surface area (Å²) in [5.41, 5.74) is 0. The minimum Gasteiger partial charge on any atom is -0.435 e. The van der Waals surface area contributed by atoms with Gasteiger partial charge in [0.2, 0.25) is 0 Å². The van der Waals surface area contributed by atoms with Crippen molar-refractivity contribution < 1.29 is 4.42 Å². The lowest BCUT2D eigenvalue weighted by Crippen LogP contribution is -1.74. The number of halogens is 1. The first-order valence-corrected chi connectivity index (χ1v) is 4.95. The standard InChI is InChI=1S/C6H8BrNOS/c1-2-10-4-5-3-8-6(7)9-5/h3H,2,4H2,1H3. The summed E-state index contributed by atoms with van der Waals surface area (Å²) >= 11 is 4.96. The van der Waals surface area contributed by atoms with Crippen LogP contribution in [0.5, 0.6) is 0 Å². The van der Waals surface area contributed by atoms with Gasteiger partial charge in [-0.1, -0.05) is 6.92 Å². The zero-order valence-electron chi connectivity index (χ0n) is 5.63. The maximum atomic E-state index is 5.17. The second-order valence-corrected chi connectivity index (χ2v) is 3.67. The molecule has 0 aromatic carbocycles. The van der Waals surface area contributed by atoms with Crippen molar-refractivity contribution in [1.82, 2.24) is 4.98 Å². The lowest BCUT2D eigenvalue weighted by atomic mass is 10.6. The molecule has 0 bridgehead atoms. The van der Waals surface area contributed by atoms with Crippen molar-refractivity contribution in [3.05, 3.63) is 16.8 Å². The number of rotatable bonds is 3. The highest BCUT2D eigenvalue weighted by Gasteiger charge is 1.98. The van der Waals surface area contributed by atoms with Gasteiger partial charge in [0.25, 0.3) is 4.80 Å². The molecule has 0 aliphatic carbocycles. The fraction of sp³-hybridized carbons (Fsp3) is 0.500. The van der Waals surface area contributed by atoms with Crippen LogP contribution in [0.25, 0.3) is 0 Å². The van der Waals surface area contributed by atoms with Crippen molar-refractivity contribution in [3.63, 3.8) is 0 Å². The van der Waals surface area contributed by atoms with Gasteiger partial charge in [-0.15, -0.1) is 0 Å². The van der Waals surface area contributed by atoms with Gasteiger partial charge in [0.15, 0.2) is 0 Å². The zero-order valence-corrected chi connectivity index (χ0v) is 8.04. The smallest absolute Gasteiger partial charge is 0.264 e. The van der Waals surface area contributed by atoms with E-state index in [1.165, 1.54) is 0 Å². The number of hydrogen-bond acceptors (Lipinski definition) is 3. The quantitative estimate of drug-likeness (QED) is 0.786. The molecule has 0 atom stereocenters. The van der Waals surface area contributed by atoms with Gasteiger partial charge in [-0.25, -0.2) is 4.98 Å². The molecule has 0 aliphatic heterocycles. The summed E-state index contributed by atoms with van der Waals surface area (Å²) in [6, 6.07) is 0. The van der Waals surface area contributed by atoms with E-state index in [9.17, 15) is 0 Å². The zero-order chi connectivity index (χ0) is 7.40. The number of aromatic nitrogens is 1. The van der Waals surface area contributed by atoms with E-state index < -0.39 is 0 Å². The molecule has 0 spiro atoms. The van der Waals surface area contributed by atoms with Crippen molar-refractivity contribution in [1.29, 1.82) is 0 Å². The molecule has 1 aromatic heterocycles. The Labute approximate surface area is 72.5 Å². The number of hydrogen-bond donors (Lipinski definition) is 0. The Hall–Kier alpha value is 0.0400. The first-order valence-electron chi connectivity index (χ1n) is 3.01. The van der Waals surface area contributed by atoms with Crippen molar-refractivity contribution in [2.45, 2.75) is 12.7 Å². The molecule has 56 valence electrons. The third-order valence-electron chi connectivity index (χ3n) is 0.974. The highest BCUT2D eigenvalue weighted by molar-refractivity contribution is 9.10. The van der Waals surface area contributed by atoms with Crippen LogP contribution in [0.1, 0.15) is 12.7 Å². The molecule has 4 heteroatoms. The van der Waals surface area contributed by atoms with Crippen molar-refractivity contribution in [2.75, 3.05) is 5.75 Å². The predicted molar refractivity (Wildman–Crippen MR) is 46.0 cm³/mol. The van der Waals surface area contributed by atoms with Gasteiger partial charge in [-0.3, -0.25) is 0 Å². The third kappa shape index (κ3) is 2.34. The predicted octanol–water partition coefficient (Wildman–Crippen LogP) is 2.69. The Bertz CT molecular complexity index is 201. The minimum absolute atomic E-state index is 0.569. The van der Waals surface area contributed by atoms with Gasteiger partial charge in [0.05, 0.1) is 11.9 Å². The summed E-state index contributed by atoms with van der Waals surface area (Å²) in [6.07, 6.45) is 1.74. The molecule has 10 heavy (non-hydrogen) atoms. The van der Waals surface area contributed by atoms with Crippen LogP contribution in [0.3, 0.4) is 0 Å². The Morgan fingerprint density at radius 1 is 1.80 bits per heavy atom. The van der Waals surface area contributed by atoms with Crippen LogP contribution in [-0.2, 0) is 5.75 Å². The summed E-state index contributed by atoms with van der Waals surface area (Å²) in [6.45, 7) is 2.12. The fourth-order valence-electron chi connectivity index (χ4n) is 0.553. The molecule has 0 fully saturated rings. The molecule has 0 radical (unpaired) electrons. The highest BCUT2D eigenvalue weighted by atomic mass is 79.9. The van der Waals surface area contributed by atoms with E-state index in [2.05, 4.69) is 27.8 Å². The van der Waals surface area contributed by atoms with Gasteiger partial charge >= 0.3 is 0 Å². The van der Waals surface area contributed by atoms with Crippen molar-refractivity contribution in [3.8, 4) is 0 Å². The Kier molecular flexibility index (Phi) is 3.28. The second-order valence-electron chi connectivity index (χ2n) is 1.72. The molecule has 0 N–H and O–H groups in total. The monoisotopic (exact) mass is 221 g/mol. The molecular formula is C6H8BrNOS. The van der Waals surface area contributed by atoms with Gasteiger partial charge in [0.1, 0.15) is 5.76 Å². The molecule has 0 saturated carbocycles. The molecule has 0 unspecified atom stereocenters. The number of oxazole rings is 1. The average molecular weight is 222 g/mol. The van der Waals surface area contributed by atoms with E-state index in [4.69, 9.17) is 4.42 Å². The SMILES string of the molecule is CCSCc1cnc(Br)o1. The van der Waals surface area contributed by atoms with Crippen LogP contribution in [0, 0.1) is 0 Å². The lowest BCUT2D eigenvalue weighted by molar-refractivity contribution is 0.497. The van der Waals surface area contributed by atoms with Crippen LogP contribution in [-0.4, -0.2) is 10.7 Å². The molecule has 1 aromatic rings. The summed E-state index contributed by atoms with van der Waals surface area (Å²) in [7, 11) is 0. The molecule has 2 nitrogen and oxygen atoms in total. The summed E-state index contributed by atoms with van der Waals surface area (Å²) < 4.78 is 5.17. The van der Waals surface area contributed by atoms with E-state index >= 15 is 0 Å². The van der Waals surface area contributed by atoms with Gasteiger partial charge in [-0.05, 0) is 5.75 Å². The Balaban J connectivity index is 2.42. The molecule has 0 amide bonds. The minimum atomic E-state index is 0.569. The highest BCUT2D eigenvalue weighted by Crippen LogP contribution is 2.15. The van der Waals surface area contributed by atoms with Crippen molar-refractivity contribution >= 4 is 27.7 Å². The number of thioether (sulfide) groups is 1. The van der Waals surface area contributed by atoms with E-state index in [0.29, 0.717) is 4.80 Å². The maximum absolute atomic E-state index is 5.17. The second kappa shape index (κ2) is 4.03. The van der Waals surface area contributed by atoms with Crippen LogP contribution >= 0.6 is 27.7 Å². The topological polar surface area (TPSA) is 26.0 Å². The van der Waals surface area contributed by atoms with Gasteiger partial charge in [-0.2, -0.15) is 11.8 Å². The van der Waals surface area contributed by atoms with Gasteiger partial charge < -0.3 is 4.42 Å². The normalized spacial score (nSPS) is 10.2. The molecule has 0 saturated heterocycles. The van der Waals surface area contributed by atoms with Crippen LogP contribution in [0.2, 0.25) is 0 Å². The summed E-state index contributed by atoms with van der Waals surface area (Å²) in [5, 5.41) is 0. The molecule has 1 rings (SSSR count). The lowest BCUT2D eigenvalue weighted by Gasteiger charge is -1.89. The van der Waals surface area contributed by atoms with E-state index in [1.54, 1.807) is 6.20 Å². The summed E-state index contributed by atoms with van der Waals surface area (Å²) in [4.78, 5) is 4.47. The van der Waals surface area contributed by atoms with Gasteiger partial charge in [0, 0.05) is 15.9 Å². The average Bonchev–Trinajstić information content (AvgIpc) is 2.31. The Morgan fingerprint density at radius 2 is 2.60 bits per heavy atom. The molecule has 1 heterocycles. The maximum Gasteiger partial charge on any atom is 0.264 e. The van der Waals surface area contributed by atoms with Crippen LogP contribution in [0.4, 0.5) is 0 Å². The van der Waals surface area contributed by atoms with Crippen LogP contribution < -0.4 is 0 Å². The first-order chi connectivity index (χ1) is 4.83. The van der Waals surface area contributed by atoms with E-state index in [0.717, 1.165) is 17.3 Å². The largest absolute Gasteiger partial charge is 0.435 e. The summed E-state index contributed by atoms with van der Waals surface area (Å²) in [5.74, 6) is 2.95. The first kappa shape index (κ1) is 8.14.